The Kier molecular flexibility index (Phi) is 47.1. The van der Waals surface area contributed by atoms with Crippen LogP contribution in [0.15, 0.2) is 0 Å². The van der Waals surface area contributed by atoms with Gasteiger partial charge in [-0.15, -0.1) is 0 Å². The molecular weight excluding hydrogens is 971 g/mol. The van der Waals surface area contributed by atoms with Crippen molar-refractivity contribution in [2.24, 2.45) is 94.7 Å². The molecule has 80 heavy (non-hydrogen) atoms. The highest BCUT2D eigenvalue weighted by Gasteiger charge is 2.26. The van der Waals surface area contributed by atoms with Crippen LogP contribution in [-0.4, -0.2) is 122 Å². The lowest BCUT2D eigenvalue weighted by Crippen LogP contribution is -2.38. The van der Waals surface area contributed by atoms with Gasteiger partial charge < -0.3 is 24.5 Å². The van der Waals surface area contributed by atoms with Crippen molar-refractivity contribution in [3.63, 3.8) is 0 Å². The van der Waals surface area contributed by atoms with Crippen LogP contribution in [0.25, 0.3) is 0 Å². The Balaban J connectivity index is 0. The average molecular weight is 1130 g/mol. The first-order valence-corrected chi connectivity index (χ1v) is 35.2. The van der Waals surface area contributed by atoms with Crippen molar-refractivity contribution < 1.29 is 0 Å². The minimum Gasteiger partial charge on any atom is -0.306 e. The van der Waals surface area contributed by atoms with Gasteiger partial charge >= 0.3 is 0 Å². The highest BCUT2D eigenvalue weighted by atomic mass is 15.2. The molecule has 0 spiro atoms. The van der Waals surface area contributed by atoms with E-state index in [9.17, 15) is 0 Å². The van der Waals surface area contributed by atoms with Crippen LogP contribution < -0.4 is 0 Å². The number of hydrogen-bond donors (Lipinski definition) is 0. The van der Waals surface area contributed by atoms with E-state index in [2.05, 4.69) is 191 Å². The molecule has 0 bridgehead atoms. The molecule has 0 aromatic heterocycles. The van der Waals surface area contributed by atoms with Crippen molar-refractivity contribution in [1.29, 1.82) is 0 Å². The lowest BCUT2D eigenvalue weighted by Gasteiger charge is -2.33. The SMILES string of the molecule is C.C.CC(C)C1CCCN(C)C1.CC(C)C1CCN(C)CC1.CC1CCC(C(C)C)C1.CC1CCC(C(C)C)CC1.CC1CCCC(C(C)C)C1.CC1CCCN(C(C)C)C1.CC1CCN(C(C)C)C1.CC1CCN(C(C)C)CC1. The summed E-state index contributed by atoms with van der Waals surface area (Å²) in [5, 5.41) is 0. The van der Waals surface area contributed by atoms with Gasteiger partial charge in [-0.1, -0.05) is 164 Å². The van der Waals surface area contributed by atoms with Gasteiger partial charge in [0.1, 0.15) is 0 Å². The fourth-order valence-electron chi connectivity index (χ4n) is 14.0. The fourth-order valence-corrected chi connectivity index (χ4v) is 14.0. The van der Waals surface area contributed by atoms with Crippen molar-refractivity contribution in [3.8, 4) is 0 Å². The highest BCUT2D eigenvalue weighted by molar-refractivity contribution is 4.78. The molecule has 5 heterocycles. The van der Waals surface area contributed by atoms with Crippen LogP contribution in [0, 0.1) is 94.7 Å². The van der Waals surface area contributed by atoms with Gasteiger partial charge in [0.15, 0.2) is 0 Å². The maximum atomic E-state index is 2.58. The van der Waals surface area contributed by atoms with Crippen molar-refractivity contribution in [3.05, 3.63) is 0 Å². The number of likely N-dealkylation sites (tertiary alicyclic amines) is 5. The van der Waals surface area contributed by atoms with E-state index in [1.165, 1.54) is 194 Å². The van der Waals surface area contributed by atoms with E-state index in [4.69, 9.17) is 0 Å². The molecule has 0 N–H and O–H groups in total. The van der Waals surface area contributed by atoms with Gasteiger partial charge in [-0.3, -0.25) is 0 Å². The second-order valence-corrected chi connectivity index (χ2v) is 31.4. The standard InChI is InChI=1S/2C10H20.4C9H19N.C9H18.C8H17N.2CH4/c1-8(2)10-6-4-9(3)5-7-10;1-8(2)10-6-4-5-9(3)7-10;1-8(2)9-4-6-10(3)7-5-9;1-8(2)10-6-4-9(3)5-7-10;1-8(2)9-5-4-6-10(3)7-9;1-8(2)10-6-4-5-9(3)7-10;2*1-7(2)9-5-4-8(3)6-9;;/h2*8-10H,4-7H2,1-3H3;4*8-9H,4-7H2,1-3H3;7-9H,4-6H2,1-3H3;7-8H,4-6H2,1-3H3;2*1H4. The maximum absolute atomic E-state index is 2.58. The van der Waals surface area contributed by atoms with E-state index in [0.717, 1.165) is 113 Å². The molecule has 5 aliphatic heterocycles. The van der Waals surface area contributed by atoms with Crippen LogP contribution in [0.4, 0.5) is 0 Å². The van der Waals surface area contributed by atoms with Gasteiger partial charge in [0, 0.05) is 37.8 Å². The third kappa shape index (κ3) is 38.1. The first-order valence-electron chi connectivity index (χ1n) is 35.2. The van der Waals surface area contributed by atoms with Crippen LogP contribution >= 0.6 is 0 Å². The van der Waals surface area contributed by atoms with Gasteiger partial charge in [-0.2, -0.15) is 0 Å². The number of hydrogen-bond acceptors (Lipinski definition) is 5. The number of rotatable bonds is 8. The molecule has 0 radical (unpaired) electrons. The van der Waals surface area contributed by atoms with Gasteiger partial charge in [0.25, 0.3) is 0 Å². The van der Waals surface area contributed by atoms with Crippen molar-refractivity contribution >= 4 is 0 Å². The van der Waals surface area contributed by atoms with Crippen LogP contribution in [0.1, 0.15) is 296 Å². The Morgan fingerprint density at radius 2 is 0.588 bits per heavy atom. The molecule has 7 unspecified atom stereocenters. The Labute approximate surface area is 510 Å². The molecule has 8 aliphatic rings. The highest BCUT2D eigenvalue weighted by Crippen LogP contribution is 2.36. The summed E-state index contributed by atoms with van der Waals surface area (Å²) in [4.78, 5) is 12.6. The molecule has 3 aliphatic carbocycles. The molecule has 7 atom stereocenters. The summed E-state index contributed by atoms with van der Waals surface area (Å²) < 4.78 is 0. The summed E-state index contributed by atoms with van der Waals surface area (Å²) >= 11 is 0. The van der Waals surface area contributed by atoms with Crippen molar-refractivity contribution in [2.75, 3.05) is 79.5 Å². The van der Waals surface area contributed by atoms with E-state index in [1.807, 2.05) is 0 Å². The second-order valence-electron chi connectivity index (χ2n) is 31.4. The van der Waals surface area contributed by atoms with E-state index >= 15 is 0 Å². The summed E-state index contributed by atoms with van der Waals surface area (Å²) in [7, 11) is 4.45. The second kappa shape index (κ2) is 46.0. The molecular formula is C75H159N5. The van der Waals surface area contributed by atoms with Crippen LogP contribution in [0.5, 0.6) is 0 Å². The zero-order valence-corrected chi connectivity index (χ0v) is 58.4. The smallest absolute Gasteiger partial charge is 0.00387 e. The summed E-state index contributed by atoms with van der Waals surface area (Å²) in [5.74, 6) is 15.5. The Morgan fingerprint density at radius 3 is 0.938 bits per heavy atom. The summed E-state index contributed by atoms with van der Waals surface area (Å²) in [6, 6.07) is 2.27. The Hall–Kier alpha value is -0.200. The van der Waals surface area contributed by atoms with Gasteiger partial charge in [-0.05, 0) is 286 Å². The van der Waals surface area contributed by atoms with E-state index in [1.54, 1.807) is 0 Å². The number of nitrogens with zero attached hydrogens (tertiary/aromatic N) is 5. The molecule has 5 heteroatoms. The van der Waals surface area contributed by atoms with Crippen molar-refractivity contribution in [1.82, 2.24) is 24.5 Å². The van der Waals surface area contributed by atoms with E-state index in [-0.39, 0.29) is 14.9 Å². The quantitative estimate of drug-likeness (QED) is 0.240. The lowest BCUT2D eigenvalue weighted by atomic mass is 9.77. The predicted molar refractivity (Wildman–Crippen MR) is 368 cm³/mol. The molecule has 0 amide bonds. The monoisotopic (exact) mass is 1130 g/mol. The average Bonchev–Trinajstić information content (AvgIpc) is 4.04. The van der Waals surface area contributed by atoms with Crippen LogP contribution in [0.2, 0.25) is 0 Å². The minimum absolute atomic E-state index is 0. The summed E-state index contributed by atoms with van der Waals surface area (Å²) in [6.07, 6.45) is 29.0. The van der Waals surface area contributed by atoms with Gasteiger partial charge in [0.2, 0.25) is 0 Å². The zero-order valence-electron chi connectivity index (χ0n) is 58.4. The molecule has 484 valence electrons. The Bertz CT molecular complexity index is 1200. The molecule has 5 saturated heterocycles. The minimum atomic E-state index is 0. The molecule has 0 aromatic carbocycles. The lowest BCUT2D eigenvalue weighted by molar-refractivity contribution is 0.147. The van der Waals surface area contributed by atoms with Gasteiger partial charge in [-0.25, -0.2) is 0 Å². The van der Waals surface area contributed by atoms with E-state index < -0.39 is 0 Å². The molecule has 0 aromatic rings. The molecule has 8 rings (SSSR count). The van der Waals surface area contributed by atoms with E-state index in [0.29, 0.717) is 0 Å². The molecule has 8 fully saturated rings. The van der Waals surface area contributed by atoms with Gasteiger partial charge in [0.05, 0.1) is 0 Å². The normalized spacial score (nSPS) is 29.5. The third-order valence-electron chi connectivity index (χ3n) is 21.1. The molecule has 3 saturated carbocycles. The van der Waals surface area contributed by atoms with Crippen LogP contribution in [-0.2, 0) is 0 Å². The van der Waals surface area contributed by atoms with Crippen molar-refractivity contribution in [2.45, 2.75) is 314 Å². The first kappa shape index (κ1) is 81.9. The summed E-state index contributed by atoms with van der Waals surface area (Å²) in [6.45, 7) is 64.6. The largest absolute Gasteiger partial charge is 0.306 e. The number of piperidine rings is 4. The van der Waals surface area contributed by atoms with Crippen LogP contribution in [0.3, 0.4) is 0 Å². The topological polar surface area (TPSA) is 16.2 Å². The maximum Gasteiger partial charge on any atom is 0.00387 e. The predicted octanol–water partition coefficient (Wildman–Crippen LogP) is 21.2. The summed E-state index contributed by atoms with van der Waals surface area (Å²) in [5.41, 5.74) is 0. The first-order chi connectivity index (χ1) is 36.6. The molecule has 5 nitrogen and oxygen atoms in total. The zero-order chi connectivity index (χ0) is 59.1. The third-order valence-corrected chi connectivity index (χ3v) is 21.1. The fraction of sp³-hybridized carbons (Fsp3) is 1.00. The Morgan fingerprint density at radius 1 is 0.250 bits per heavy atom.